The highest BCUT2D eigenvalue weighted by Crippen LogP contribution is 2.13. The molecule has 0 amide bonds. The second-order valence-corrected chi connectivity index (χ2v) is 15.9. The first-order valence-electron chi connectivity index (χ1n) is 22.0. The van der Waals surface area contributed by atoms with Crippen molar-refractivity contribution in [2.75, 3.05) is 41.0 Å². The summed E-state index contributed by atoms with van der Waals surface area (Å²) < 4.78 is 17.1. The summed E-state index contributed by atoms with van der Waals surface area (Å²) in [4.78, 5) is 36.8. The van der Waals surface area contributed by atoms with Gasteiger partial charge in [-0.3, -0.25) is 9.59 Å². The maximum Gasteiger partial charge on any atom is 0.362 e. The third-order valence-electron chi connectivity index (χ3n) is 9.78. The predicted octanol–water partition coefficient (Wildman–Crippen LogP) is 11.9. The van der Waals surface area contributed by atoms with Gasteiger partial charge in [0.1, 0.15) is 6.61 Å². The smallest absolute Gasteiger partial charge is 0.362 e. The zero-order valence-corrected chi connectivity index (χ0v) is 35.7. The van der Waals surface area contributed by atoms with Gasteiger partial charge in [-0.25, -0.2) is 4.79 Å². The third-order valence-corrected chi connectivity index (χ3v) is 9.78. The van der Waals surface area contributed by atoms with Gasteiger partial charge in [0.2, 0.25) is 0 Å². The zero-order valence-electron chi connectivity index (χ0n) is 35.7. The van der Waals surface area contributed by atoms with Gasteiger partial charge < -0.3 is 23.8 Å². The SMILES string of the molecule is CCCCCC/C=C/CCC(=O)OC(COCCC(C(=O)O)[N+](C)(C)C)COC(=O)CCCCCCCCC/C=C/C/C=C/CCCCCCCCCC. The van der Waals surface area contributed by atoms with Crippen molar-refractivity contribution in [2.45, 2.75) is 199 Å². The van der Waals surface area contributed by atoms with Crippen molar-refractivity contribution in [3.8, 4) is 0 Å². The second kappa shape index (κ2) is 37.5. The van der Waals surface area contributed by atoms with E-state index in [-0.39, 0.29) is 42.7 Å². The Bertz CT molecular complexity index is 984. The van der Waals surface area contributed by atoms with Gasteiger partial charge >= 0.3 is 17.9 Å². The molecule has 8 nitrogen and oxygen atoms in total. The Morgan fingerprint density at radius 2 is 1.02 bits per heavy atom. The monoisotopic (exact) mass is 763 g/mol. The number of likely N-dealkylation sites (N-methyl/N-ethyl adjacent to an activating group) is 1. The molecule has 1 N–H and O–H groups in total. The molecule has 0 aliphatic rings. The fourth-order valence-electron chi connectivity index (χ4n) is 6.31. The average molecular weight is 763 g/mol. The van der Waals surface area contributed by atoms with E-state index in [2.05, 4.69) is 44.2 Å². The van der Waals surface area contributed by atoms with Crippen molar-refractivity contribution in [1.29, 1.82) is 0 Å². The van der Waals surface area contributed by atoms with Crippen LogP contribution in [0.2, 0.25) is 0 Å². The summed E-state index contributed by atoms with van der Waals surface area (Å²) in [6.07, 6.45) is 42.2. The number of rotatable bonds is 39. The number of hydrogen-bond acceptors (Lipinski definition) is 6. The van der Waals surface area contributed by atoms with Crippen LogP contribution in [0.15, 0.2) is 36.5 Å². The Morgan fingerprint density at radius 1 is 0.556 bits per heavy atom. The Labute approximate surface area is 332 Å². The van der Waals surface area contributed by atoms with E-state index >= 15 is 0 Å². The number of esters is 2. The molecule has 0 saturated carbocycles. The van der Waals surface area contributed by atoms with Crippen LogP contribution in [0.1, 0.15) is 187 Å². The van der Waals surface area contributed by atoms with Crippen molar-refractivity contribution in [3.63, 3.8) is 0 Å². The van der Waals surface area contributed by atoms with Crippen LogP contribution in [0.4, 0.5) is 0 Å². The van der Waals surface area contributed by atoms with Gasteiger partial charge in [0.25, 0.3) is 0 Å². The molecule has 0 bridgehead atoms. The fourth-order valence-corrected chi connectivity index (χ4v) is 6.31. The molecular weight excluding hydrogens is 679 g/mol. The first-order chi connectivity index (χ1) is 26.1. The molecule has 0 fully saturated rings. The molecule has 0 aliphatic heterocycles. The van der Waals surface area contributed by atoms with Crippen LogP contribution < -0.4 is 0 Å². The maximum atomic E-state index is 12.6. The lowest BCUT2D eigenvalue weighted by Gasteiger charge is -2.31. The van der Waals surface area contributed by atoms with Crippen molar-refractivity contribution < 1.29 is 38.2 Å². The number of carboxylic acids is 1. The van der Waals surface area contributed by atoms with E-state index in [1.54, 1.807) is 0 Å². The Balaban J connectivity index is 4.21. The molecule has 0 heterocycles. The lowest BCUT2D eigenvalue weighted by molar-refractivity contribution is -0.887. The van der Waals surface area contributed by atoms with Crippen molar-refractivity contribution >= 4 is 17.9 Å². The molecule has 0 rings (SSSR count). The second-order valence-electron chi connectivity index (χ2n) is 15.9. The predicted molar refractivity (Wildman–Crippen MR) is 225 cm³/mol. The molecule has 54 heavy (non-hydrogen) atoms. The van der Waals surface area contributed by atoms with Gasteiger partial charge in [0, 0.05) is 19.3 Å². The highest BCUT2D eigenvalue weighted by atomic mass is 16.6. The molecule has 8 heteroatoms. The van der Waals surface area contributed by atoms with Crippen LogP contribution in [0.25, 0.3) is 0 Å². The van der Waals surface area contributed by atoms with Gasteiger partial charge in [0.15, 0.2) is 12.1 Å². The van der Waals surface area contributed by atoms with Crippen LogP contribution in [-0.4, -0.2) is 80.6 Å². The van der Waals surface area contributed by atoms with Gasteiger partial charge in [-0.1, -0.05) is 147 Å². The van der Waals surface area contributed by atoms with E-state index in [1.165, 1.54) is 103 Å². The van der Waals surface area contributed by atoms with E-state index in [1.807, 2.05) is 27.2 Å². The van der Waals surface area contributed by atoms with Crippen molar-refractivity contribution in [2.24, 2.45) is 0 Å². The molecule has 0 spiro atoms. The lowest BCUT2D eigenvalue weighted by atomic mass is 10.1. The topological polar surface area (TPSA) is 99.1 Å². The number of carbonyl (C=O) groups is 3. The summed E-state index contributed by atoms with van der Waals surface area (Å²) in [5, 5.41) is 9.58. The van der Waals surface area contributed by atoms with Crippen molar-refractivity contribution in [1.82, 2.24) is 0 Å². The summed E-state index contributed by atoms with van der Waals surface area (Å²) in [5.41, 5.74) is 0. The van der Waals surface area contributed by atoms with E-state index in [0.717, 1.165) is 44.9 Å². The molecule has 314 valence electrons. The first-order valence-corrected chi connectivity index (χ1v) is 22.0. The minimum Gasteiger partial charge on any atom is -0.477 e. The number of quaternary nitrogens is 1. The summed E-state index contributed by atoms with van der Waals surface area (Å²) in [5.74, 6) is -1.54. The number of aliphatic carboxylic acids is 1. The van der Waals surface area contributed by atoms with Crippen LogP contribution >= 0.6 is 0 Å². The molecule has 0 aromatic carbocycles. The molecule has 0 aromatic rings. The summed E-state index contributed by atoms with van der Waals surface area (Å²) in [6.45, 7) is 4.64. The highest BCUT2D eigenvalue weighted by molar-refractivity contribution is 5.72. The number of allylic oxidation sites excluding steroid dienone is 6. The van der Waals surface area contributed by atoms with Gasteiger partial charge in [0.05, 0.1) is 34.4 Å². The molecule has 2 atom stereocenters. The van der Waals surface area contributed by atoms with Crippen molar-refractivity contribution in [3.05, 3.63) is 36.5 Å². The van der Waals surface area contributed by atoms with E-state index in [9.17, 15) is 19.5 Å². The molecule has 0 aromatic heterocycles. The quantitative estimate of drug-likeness (QED) is 0.0288. The number of carboxylic acid groups (broad SMARTS) is 1. The van der Waals surface area contributed by atoms with Crippen LogP contribution in [0, 0.1) is 0 Å². The minimum absolute atomic E-state index is 0.0437. The number of unbranched alkanes of at least 4 members (excludes halogenated alkanes) is 19. The standard InChI is InChI=1S/C46H83NO7/c1-6-8-10-12-14-16-17-18-19-20-21-22-23-24-25-26-27-28-29-31-32-34-36-44(48)53-41-42(40-52-39-38-43(46(50)51)47(3,4)5)54-45(49)37-35-33-30-15-13-11-9-7-2/h20-21,23-24,30,33,42-43H,6-19,22,25-29,31-32,34-41H2,1-5H3/p+1/b21-20+,24-23+,33-30+. The highest BCUT2D eigenvalue weighted by Gasteiger charge is 2.31. The van der Waals surface area contributed by atoms with E-state index < -0.39 is 18.1 Å². The fraction of sp³-hybridized carbons (Fsp3) is 0.804. The lowest BCUT2D eigenvalue weighted by Crippen LogP contribution is -2.50. The van der Waals surface area contributed by atoms with E-state index in [0.29, 0.717) is 19.3 Å². The van der Waals surface area contributed by atoms with E-state index in [4.69, 9.17) is 14.2 Å². The molecule has 0 aliphatic carbocycles. The van der Waals surface area contributed by atoms with Gasteiger partial charge in [-0.15, -0.1) is 0 Å². The van der Waals surface area contributed by atoms with Gasteiger partial charge in [-0.2, -0.15) is 0 Å². The third kappa shape index (κ3) is 35.3. The van der Waals surface area contributed by atoms with Gasteiger partial charge in [-0.05, 0) is 57.8 Å². The Kier molecular flexibility index (Phi) is 35.8. The Morgan fingerprint density at radius 3 is 1.54 bits per heavy atom. The van der Waals surface area contributed by atoms with Crippen LogP contribution in [-0.2, 0) is 28.6 Å². The summed E-state index contributed by atoms with van der Waals surface area (Å²) >= 11 is 0. The molecule has 2 unspecified atom stereocenters. The first kappa shape index (κ1) is 51.5. The average Bonchev–Trinajstić information content (AvgIpc) is 3.12. The summed E-state index contributed by atoms with van der Waals surface area (Å²) in [6, 6.07) is -0.619. The zero-order chi connectivity index (χ0) is 40.0. The number of carbonyl (C=O) groups excluding carboxylic acids is 2. The number of nitrogens with zero attached hydrogens (tertiary/aromatic N) is 1. The molecular formula is C46H84NO7+. The Hall–Kier alpha value is -2.45. The normalized spacial score (nSPS) is 13.3. The maximum absolute atomic E-state index is 12.6. The number of hydrogen-bond donors (Lipinski definition) is 1. The van der Waals surface area contributed by atoms with Crippen LogP contribution in [0.5, 0.6) is 0 Å². The minimum atomic E-state index is -0.882. The van der Waals surface area contributed by atoms with Crippen LogP contribution in [0.3, 0.4) is 0 Å². The molecule has 0 saturated heterocycles. The largest absolute Gasteiger partial charge is 0.477 e. The summed E-state index contributed by atoms with van der Waals surface area (Å²) in [7, 11) is 5.50. The molecule has 0 radical (unpaired) electrons. The number of ether oxygens (including phenoxy) is 3.